The molecule has 0 aliphatic carbocycles. The van der Waals surface area contributed by atoms with Crippen LogP contribution in [0.25, 0.3) is 0 Å². The average molecular weight is 364 g/mol. The van der Waals surface area contributed by atoms with Gasteiger partial charge >= 0.3 is 0 Å². The zero-order chi connectivity index (χ0) is 19.1. The van der Waals surface area contributed by atoms with Gasteiger partial charge in [-0.25, -0.2) is 9.97 Å². The van der Waals surface area contributed by atoms with Crippen molar-refractivity contribution >= 4 is 23.1 Å². The Hall–Kier alpha value is -3.61. The smallest absolute Gasteiger partial charge is 0.274 e. The molecule has 0 unspecified atom stereocenters. The topological polar surface area (TPSA) is 85.4 Å². The molecule has 0 atom stereocenters. The number of nitrogens with zero attached hydrogens (tertiary/aromatic N) is 2. The molecular formula is C20H20N4O3. The average Bonchev–Trinajstić information content (AvgIpc) is 2.70. The maximum atomic E-state index is 12.6. The Morgan fingerprint density at radius 1 is 1.07 bits per heavy atom. The molecule has 1 amide bonds. The number of hydrogen-bond donors (Lipinski definition) is 2. The lowest BCUT2D eigenvalue weighted by Gasteiger charge is -2.11. The standard InChI is InChI=1S/C20H20N4O3/c1-3-27-18-7-5-4-6-16(18)24-20(25)17-12-19(22-13-21-17)23-14-8-10-15(26-2)11-9-14/h4-13H,3H2,1-2H3,(H,24,25)(H,21,22,23). The van der Waals surface area contributed by atoms with Crippen molar-refractivity contribution in [2.45, 2.75) is 6.92 Å². The lowest BCUT2D eigenvalue weighted by Crippen LogP contribution is -2.15. The first-order valence-electron chi connectivity index (χ1n) is 8.46. The number of amides is 1. The van der Waals surface area contributed by atoms with E-state index >= 15 is 0 Å². The van der Waals surface area contributed by atoms with Crippen molar-refractivity contribution in [1.82, 2.24) is 9.97 Å². The molecule has 2 N–H and O–H groups in total. The summed E-state index contributed by atoms with van der Waals surface area (Å²) in [7, 11) is 1.61. The molecule has 7 heteroatoms. The SMILES string of the molecule is CCOc1ccccc1NC(=O)c1cc(Nc2ccc(OC)cc2)ncn1. The number of ether oxygens (including phenoxy) is 2. The molecule has 0 aliphatic heterocycles. The van der Waals surface area contributed by atoms with Gasteiger partial charge in [-0.15, -0.1) is 0 Å². The molecule has 0 bridgehead atoms. The second kappa shape index (κ2) is 8.66. The Morgan fingerprint density at radius 2 is 1.85 bits per heavy atom. The Morgan fingerprint density at radius 3 is 2.59 bits per heavy atom. The first kappa shape index (κ1) is 18.2. The number of hydrogen-bond acceptors (Lipinski definition) is 6. The summed E-state index contributed by atoms with van der Waals surface area (Å²) in [6.45, 7) is 2.40. The molecule has 2 aromatic carbocycles. The van der Waals surface area contributed by atoms with Gasteiger partial charge in [0.25, 0.3) is 5.91 Å². The van der Waals surface area contributed by atoms with E-state index < -0.39 is 0 Å². The summed E-state index contributed by atoms with van der Waals surface area (Å²) in [6, 6.07) is 16.2. The van der Waals surface area contributed by atoms with Crippen molar-refractivity contribution < 1.29 is 14.3 Å². The van der Waals surface area contributed by atoms with Gasteiger partial charge in [-0.1, -0.05) is 12.1 Å². The van der Waals surface area contributed by atoms with E-state index in [1.165, 1.54) is 6.33 Å². The highest BCUT2D eigenvalue weighted by Gasteiger charge is 2.12. The van der Waals surface area contributed by atoms with Crippen molar-refractivity contribution in [1.29, 1.82) is 0 Å². The molecule has 0 aliphatic rings. The zero-order valence-corrected chi connectivity index (χ0v) is 15.1. The van der Waals surface area contributed by atoms with Crippen LogP contribution in [-0.2, 0) is 0 Å². The Kier molecular flexibility index (Phi) is 5.84. The molecule has 1 aromatic heterocycles. The fourth-order valence-corrected chi connectivity index (χ4v) is 2.41. The first-order valence-corrected chi connectivity index (χ1v) is 8.46. The summed E-state index contributed by atoms with van der Waals surface area (Å²) < 4.78 is 10.7. The van der Waals surface area contributed by atoms with Crippen LogP contribution in [-0.4, -0.2) is 29.6 Å². The van der Waals surface area contributed by atoms with Gasteiger partial charge in [0.1, 0.15) is 29.3 Å². The predicted octanol–water partition coefficient (Wildman–Crippen LogP) is 3.88. The molecule has 0 spiro atoms. The highest BCUT2D eigenvalue weighted by molar-refractivity contribution is 6.04. The highest BCUT2D eigenvalue weighted by Crippen LogP contribution is 2.24. The third-order valence-corrected chi connectivity index (χ3v) is 3.70. The van der Waals surface area contributed by atoms with Gasteiger partial charge in [0.2, 0.25) is 0 Å². The van der Waals surface area contributed by atoms with Crippen molar-refractivity contribution in [3.8, 4) is 11.5 Å². The molecule has 138 valence electrons. The largest absolute Gasteiger partial charge is 0.497 e. The maximum Gasteiger partial charge on any atom is 0.274 e. The van der Waals surface area contributed by atoms with Crippen LogP contribution in [0.15, 0.2) is 60.9 Å². The monoisotopic (exact) mass is 364 g/mol. The number of para-hydroxylation sites is 2. The molecule has 0 saturated carbocycles. The fraction of sp³-hybridized carbons (Fsp3) is 0.150. The quantitative estimate of drug-likeness (QED) is 0.662. The van der Waals surface area contributed by atoms with E-state index in [0.717, 1.165) is 11.4 Å². The summed E-state index contributed by atoms with van der Waals surface area (Å²) in [6.07, 6.45) is 1.34. The van der Waals surface area contributed by atoms with Crippen LogP contribution < -0.4 is 20.1 Å². The number of rotatable bonds is 7. The minimum atomic E-state index is -0.345. The number of methoxy groups -OCH3 is 1. The van der Waals surface area contributed by atoms with E-state index in [-0.39, 0.29) is 11.6 Å². The van der Waals surface area contributed by atoms with Crippen molar-refractivity contribution in [2.24, 2.45) is 0 Å². The fourth-order valence-electron chi connectivity index (χ4n) is 2.41. The molecule has 1 heterocycles. The summed E-state index contributed by atoms with van der Waals surface area (Å²) in [5, 5.41) is 5.95. The lowest BCUT2D eigenvalue weighted by atomic mass is 10.2. The minimum Gasteiger partial charge on any atom is -0.497 e. The second-order valence-corrected chi connectivity index (χ2v) is 5.53. The summed E-state index contributed by atoms with van der Waals surface area (Å²) >= 11 is 0. The minimum absolute atomic E-state index is 0.243. The van der Waals surface area contributed by atoms with Gasteiger partial charge in [0.15, 0.2) is 0 Å². The normalized spacial score (nSPS) is 10.1. The molecule has 7 nitrogen and oxygen atoms in total. The van der Waals surface area contributed by atoms with Crippen molar-refractivity contribution in [3.63, 3.8) is 0 Å². The van der Waals surface area contributed by atoms with E-state index in [1.807, 2.05) is 43.3 Å². The third kappa shape index (κ3) is 4.72. The van der Waals surface area contributed by atoms with Gasteiger partial charge in [-0.05, 0) is 43.3 Å². The second-order valence-electron chi connectivity index (χ2n) is 5.53. The molecule has 0 radical (unpaired) electrons. The number of anilines is 3. The molecule has 27 heavy (non-hydrogen) atoms. The van der Waals surface area contributed by atoms with Gasteiger partial charge in [0, 0.05) is 11.8 Å². The molecular weight excluding hydrogens is 344 g/mol. The van der Waals surface area contributed by atoms with Crippen LogP contribution in [0, 0.1) is 0 Å². The predicted molar refractivity (Wildman–Crippen MR) is 104 cm³/mol. The van der Waals surface area contributed by atoms with Crippen LogP contribution in [0.3, 0.4) is 0 Å². The van der Waals surface area contributed by atoms with Crippen LogP contribution in [0.2, 0.25) is 0 Å². The van der Waals surface area contributed by atoms with Crippen LogP contribution >= 0.6 is 0 Å². The maximum absolute atomic E-state index is 12.6. The number of aromatic nitrogens is 2. The van der Waals surface area contributed by atoms with Gasteiger partial charge in [-0.2, -0.15) is 0 Å². The number of carbonyl (C=O) groups excluding carboxylic acids is 1. The Balaban J connectivity index is 1.73. The molecule has 0 fully saturated rings. The first-order chi connectivity index (χ1) is 13.2. The van der Waals surface area contributed by atoms with Crippen molar-refractivity contribution in [3.05, 3.63) is 66.6 Å². The van der Waals surface area contributed by atoms with E-state index in [2.05, 4.69) is 20.6 Å². The molecule has 3 aromatic rings. The molecule has 3 rings (SSSR count). The summed E-state index contributed by atoms with van der Waals surface area (Å²) in [5.41, 5.74) is 1.66. The van der Waals surface area contributed by atoms with E-state index in [9.17, 15) is 4.79 Å². The van der Waals surface area contributed by atoms with Crippen LogP contribution in [0.5, 0.6) is 11.5 Å². The zero-order valence-electron chi connectivity index (χ0n) is 15.1. The van der Waals surface area contributed by atoms with Crippen LogP contribution in [0.4, 0.5) is 17.2 Å². The number of benzene rings is 2. The summed E-state index contributed by atoms with van der Waals surface area (Å²) in [4.78, 5) is 20.8. The van der Waals surface area contributed by atoms with E-state index in [1.54, 1.807) is 25.3 Å². The number of nitrogens with one attached hydrogen (secondary N) is 2. The summed E-state index contributed by atoms with van der Waals surface area (Å²) in [5.74, 6) is 1.54. The van der Waals surface area contributed by atoms with Gasteiger partial charge in [0.05, 0.1) is 19.4 Å². The Bertz CT molecular complexity index is 913. The molecule has 0 saturated heterocycles. The highest BCUT2D eigenvalue weighted by atomic mass is 16.5. The van der Waals surface area contributed by atoms with E-state index in [0.29, 0.717) is 23.9 Å². The number of carbonyl (C=O) groups is 1. The van der Waals surface area contributed by atoms with Crippen molar-refractivity contribution in [2.75, 3.05) is 24.4 Å². The van der Waals surface area contributed by atoms with Crippen LogP contribution in [0.1, 0.15) is 17.4 Å². The Labute approximate surface area is 157 Å². The van der Waals surface area contributed by atoms with Gasteiger partial charge in [-0.3, -0.25) is 4.79 Å². The third-order valence-electron chi connectivity index (χ3n) is 3.70. The van der Waals surface area contributed by atoms with Gasteiger partial charge < -0.3 is 20.1 Å². The lowest BCUT2D eigenvalue weighted by molar-refractivity contribution is 0.102. The van der Waals surface area contributed by atoms with E-state index in [4.69, 9.17) is 9.47 Å².